The number of thiazole rings is 1. The van der Waals surface area contributed by atoms with E-state index in [1.807, 2.05) is 47.8 Å². The summed E-state index contributed by atoms with van der Waals surface area (Å²) in [6, 6.07) is 13.6. The van der Waals surface area contributed by atoms with E-state index in [0.29, 0.717) is 13.1 Å². The van der Waals surface area contributed by atoms with E-state index < -0.39 is 0 Å². The average molecular weight is 399 g/mol. The van der Waals surface area contributed by atoms with E-state index in [-0.39, 0.29) is 18.4 Å². The number of amides is 3. The first-order valence-electron chi connectivity index (χ1n) is 8.64. The predicted octanol–water partition coefficient (Wildman–Crippen LogP) is 3.53. The van der Waals surface area contributed by atoms with E-state index >= 15 is 0 Å². The van der Waals surface area contributed by atoms with Crippen LogP contribution in [0.3, 0.4) is 0 Å². The molecule has 6 nitrogen and oxygen atoms in total. The number of thiophene rings is 1. The number of carbonyl (C=O) groups is 2. The van der Waals surface area contributed by atoms with E-state index in [2.05, 4.69) is 10.7 Å². The zero-order valence-corrected chi connectivity index (χ0v) is 16.1. The average Bonchev–Trinajstić information content (AvgIpc) is 3.34. The van der Waals surface area contributed by atoms with Gasteiger partial charge in [-0.15, -0.1) is 22.7 Å². The number of hydrogen-bond donors (Lipinski definition) is 2. The monoisotopic (exact) mass is 398 g/mol. The molecular formula is C19H18N4O2S2. The SMILES string of the molecule is O=C(Cc1sc(-c2cccs2)nc1-c1ccccc1)NN1CCCNC1=O. The summed E-state index contributed by atoms with van der Waals surface area (Å²) in [6.07, 6.45) is 0.988. The molecule has 2 aromatic heterocycles. The van der Waals surface area contributed by atoms with Gasteiger partial charge in [-0.1, -0.05) is 36.4 Å². The highest BCUT2D eigenvalue weighted by molar-refractivity contribution is 7.21. The van der Waals surface area contributed by atoms with Gasteiger partial charge >= 0.3 is 6.03 Å². The van der Waals surface area contributed by atoms with E-state index in [1.165, 1.54) is 16.3 Å². The van der Waals surface area contributed by atoms with Crippen LogP contribution in [-0.2, 0) is 11.2 Å². The summed E-state index contributed by atoms with van der Waals surface area (Å²) >= 11 is 3.15. The number of hydrogen-bond acceptors (Lipinski definition) is 5. The molecule has 0 atom stereocenters. The van der Waals surface area contributed by atoms with Crippen molar-refractivity contribution in [1.29, 1.82) is 0 Å². The van der Waals surface area contributed by atoms with Gasteiger partial charge in [-0.25, -0.2) is 14.8 Å². The van der Waals surface area contributed by atoms with Crippen molar-refractivity contribution in [3.05, 3.63) is 52.7 Å². The van der Waals surface area contributed by atoms with E-state index in [0.717, 1.165) is 32.4 Å². The number of hydrazine groups is 1. The molecule has 8 heteroatoms. The summed E-state index contributed by atoms with van der Waals surface area (Å²) in [5.41, 5.74) is 4.51. The van der Waals surface area contributed by atoms with Gasteiger partial charge in [-0.05, 0) is 17.9 Å². The fourth-order valence-corrected chi connectivity index (χ4v) is 4.75. The van der Waals surface area contributed by atoms with Crippen molar-refractivity contribution in [3.63, 3.8) is 0 Å². The predicted molar refractivity (Wildman–Crippen MR) is 107 cm³/mol. The summed E-state index contributed by atoms with van der Waals surface area (Å²) in [5, 5.41) is 6.99. The van der Waals surface area contributed by atoms with Crippen LogP contribution >= 0.6 is 22.7 Å². The molecule has 27 heavy (non-hydrogen) atoms. The smallest absolute Gasteiger partial charge is 0.336 e. The van der Waals surface area contributed by atoms with Crippen molar-refractivity contribution in [3.8, 4) is 21.1 Å². The van der Waals surface area contributed by atoms with Gasteiger partial charge < -0.3 is 5.32 Å². The summed E-state index contributed by atoms with van der Waals surface area (Å²) in [4.78, 5) is 31.1. The van der Waals surface area contributed by atoms with Gasteiger partial charge in [0, 0.05) is 23.5 Å². The Hall–Kier alpha value is -2.71. The Morgan fingerprint density at radius 2 is 2.07 bits per heavy atom. The van der Waals surface area contributed by atoms with E-state index in [4.69, 9.17) is 4.98 Å². The topological polar surface area (TPSA) is 74.3 Å². The zero-order valence-electron chi connectivity index (χ0n) is 14.5. The second kappa shape index (κ2) is 7.89. The van der Waals surface area contributed by atoms with E-state index in [1.54, 1.807) is 11.3 Å². The first kappa shape index (κ1) is 17.7. The zero-order chi connectivity index (χ0) is 18.6. The first-order valence-corrected chi connectivity index (χ1v) is 10.3. The van der Waals surface area contributed by atoms with Crippen LogP contribution < -0.4 is 10.7 Å². The number of rotatable bonds is 5. The van der Waals surface area contributed by atoms with Crippen molar-refractivity contribution in [1.82, 2.24) is 20.7 Å². The van der Waals surface area contributed by atoms with Gasteiger partial charge in [-0.3, -0.25) is 10.2 Å². The van der Waals surface area contributed by atoms with Gasteiger partial charge in [0.05, 0.1) is 17.0 Å². The van der Waals surface area contributed by atoms with Crippen LogP contribution in [0.1, 0.15) is 11.3 Å². The highest BCUT2D eigenvalue weighted by atomic mass is 32.1. The molecule has 0 radical (unpaired) electrons. The molecule has 1 saturated heterocycles. The van der Waals surface area contributed by atoms with Crippen LogP contribution in [-0.4, -0.2) is 35.0 Å². The molecule has 3 amide bonds. The molecule has 0 saturated carbocycles. The van der Waals surface area contributed by atoms with Crippen LogP contribution in [0.25, 0.3) is 21.1 Å². The summed E-state index contributed by atoms with van der Waals surface area (Å²) in [6.45, 7) is 1.16. The highest BCUT2D eigenvalue weighted by Gasteiger charge is 2.22. The van der Waals surface area contributed by atoms with Crippen molar-refractivity contribution >= 4 is 34.6 Å². The standard InChI is InChI=1S/C19H18N4O2S2/c24-16(22-23-10-5-9-20-19(23)25)12-15-17(13-6-2-1-3-7-13)21-18(27-15)14-8-4-11-26-14/h1-4,6-8,11H,5,9-10,12H2,(H,20,25)(H,22,24). The number of aromatic nitrogens is 1. The molecule has 0 bridgehead atoms. The minimum absolute atomic E-state index is 0.178. The van der Waals surface area contributed by atoms with Crippen molar-refractivity contribution in [2.75, 3.05) is 13.1 Å². The van der Waals surface area contributed by atoms with Crippen LogP contribution in [0.4, 0.5) is 4.79 Å². The lowest BCUT2D eigenvalue weighted by Gasteiger charge is -2.27. The van der Waals surface area contributed by atoms with Gasteiger partial charge in [-0.2, -0.15) is 0 Å². The fourth-order valence-electron chi connectivity index (χ4n) is 2.87. The third kappa shape index (κ3) is 4.01. The Morgan fingerprint density at radius 1 is 1.22 bits per heavy atom. The molecule has 3 aromatic rings. The molecule has 0 unspecified atom stereocenters. The summed E-state index contributed by atoms with van der Waals surface area (Å²) in [5.74, 6) is -0.217. The van der Waals surface area contributed by atoms with Gasteiger partial charge in [0.15, 0.2) is 0 Å². The molecule has 0 aliphatic carbocycles. The quantitative estimate of drug-likeness (QED) is 0.690. The minimum Gasteiger partial charge on any atom is -0.336 e. The van der Waals surface area contributed by atoms with Crippen LogP contribution in [0.15, 0.2) is 47.8 Å². The second-order valence-corrected chi connectivity index (χ2v) is 8.11. The lowest BCUT2D eigenvalue weighted by Crippen LogP contribution is -2.55. The number of carbonyl (C=O) groups excluding carboxylic acids is 2. The van der Waals surface area contributed by atoms with Gasteiger partial charge in [0.25, 0.3) is 0 Å². The number of nitrogens with one attached hydrogen (secondary N) is 2. The second-order valence-electron chi connectivity index (χ2n) is 6.08. The number of benzene rings is 1. The van der Waals surface area contributed by atoms with Gasteiger partial charge in [0.2, 0.25) is 5.91 Å². The lowest BCUT2D eigenvalue weighted by molar-refractivity contribution is -0.124. The molecule has 1 aliphatic rings. The Labute approximate surface area is 164 Å². The maximum absolute atomic E-state index is 12.6. The fraction of sp³-hybridized carbons (Fsp3) is 0.211. The summed E-state index contributed by atoms with van der Waals surface area (Å²) in [7, 11) is 0. The molecule has 0 spiro atoms. The number of nitrogens with zero attached hydrogens (tertiary/aromatic N) is 2. The number of urea groups is 1. The van der Waals surface area contributed by atoms with Crippen LogP contribution in [0.2, 0.25) is 0 Å². The molecule has 1 fully saturated rings. The third-order valence-corrected chi connectivity index (χ3v) is 6.23. The first-order chi connectivity index (χ1) is 13.2. The molecule has 3 heterocycles. The maximum Gasteiger partial charge on any atom is 0.336 e. The third-order valence-electron chi connectivity index (χ3n) is 4.14. The maximum atomic E-state index is 12.6. The normalized spacial score (nSPS) is 14.1. The molecule has 4 rings (SSSR count). The lowest BCUT2D eigenvalue weighted by atomic mass is 10.1. The Kier molecular flexibility index (Phi) is 5.17. The minimum atomic E-state index is -0.263. The van der Waals surface area contributed by atoms with Crippen LogP contribution in [0.5, 0.6) is 0 Å². The summed E-state index contributed by atoms with van der Waals surface area (Å²) < 4.78 is 0. The Morgan fingerprint density at radius 3 is 2.81 bits per heavy atom. The Balaban J connectivity index is 1.59. The molecule has 2 N–H and O–H groups in total. The molecule has 138 valence electrons. The highest BCUT2D eigenvalue weighted by Crippen LogP contribution is 2.36. The Bertz CT molecular complexity index is 938. The van der Waals surface area contributed by atoms with Crippen LogP contribution in [0, 0.1) is 0 Å². The van der Waals surface area contributed by atoms with Crippen molar-refractivity contribution < 1.29 is 9.59 Å². The molecule has 1 aliphatic heterocycles. The van der Waals surface area contributed by atoms with Crippen molar-refractivity contribution in [2.24, 2.45) is 0 Å². The molecular weight excluding hydrogens is 380 g/mol. The van der Waals surface area contributed by atoms with Gasteiger partial charge in [0.1, 0.15) is 5.01 Å². The van der Waals surface area contributed by atoms with Crippen molar-refractivity contribution in [2.45, 2.75) is 12.8 Å². The molecule has 1 aromatic carbocycles. The van der Waals surface area contributed by atoms with E-state index in [9.17, 15) is 9.59 Å². The largest absolute Gasteiger partial charge is 0.336 e.